The number of carboxylic acid groups (broad SMARTS) is 6. The lowest BCUT2D eigenvalue weighted by Gasteiger charge is -2.30. The van der Waals surface area contributed by atoms with Crippen LogP contribution in [0.2, 0.25) is 0 Å². The summed E-state index contributed by atoms with van der Waals surface area (Å²) in [7, 11) is 0. The molecule has 0 radical (unpaired) electrons. The molecule has 12 nitrogen and oxygen atoms in total. The Hall–Kier alpha value is -7.80. The highest BCUT2D eigenvalue weighted by Crippen LogP contribution is 2.32. The maximum Gasteiger partial charge on any atom is 0.335 e. The van der Waals surface area contributed by atoms with Crippen molar-refractivity contribution >= 4 is 58.9 Å². The normalized spacial score (nSPS) is 11.2. The maximum atomic E-state index is 12.1. The number of hydrogen-bond acceptors (Lipinski definition) is 6. The third kappa shape index (κ3) is 9.74. The molecular weight excluding hydrogens is 827 g/mol. The van der Waals surface area contributed by atoms with Gasteiger partial charge >= 0.3 is 35.8 Å². The van der Waals surface area contributed by atoms with Crippen molar-refractivity contribution in [3.8, 4) is 33.4 Å². The predicted octanol–water partition coefficient (Wildman–Crippen LogP) is 9.07. The first-order valence-corrected chi connectivity index (χ1v) is 20.8. The topological polar surface area (TPSA) is 224 Å². The van der Waals surface area contributed by atoms with E-state index in [0.29, 0.717) is 33.4 Å². The quantitative estimate of drug-likeness (QED) is 0.0532. The van der Waals surface area contributed by atoms with E-state index in [4.69, 9.17) is 0 Å². The van der Waals surface area contributed by atoms with Crippen LogP contribution in [-0.4, -0.2) is 73.2 Å². The van der Waals surface area contributed by atoms with Crippen LogP contribution >= 0.6 is 0 Å². The second kappa shape index (κ2) is 18.5. The molecule has 6 N–H and O–H groups in total. The van der Waals surface area contributed by atoms with Crippen molar-refractivity contribution in [2.75, 3.05) is 0 Å². The number of aromatic carboxylic acids is 6. The highest BCUT2D eigenvalue weighted by molar-refractivity contribution is 6.96. The molecule has 0 fully saturated rings. The molecular formula is C52H47BO12. The van der Waals surface area contributed by atoms with Crippen LogP contribution in [0.4, 0.5) is 0 Å². The summed E-state index contributed by atoms with van der Waals surface area (Å²) in [5, 5.41) is 59.3. The molecule has 0 aliphatic heterocycles. The van der Waals surface area contributed by atoms with E-state index in [1.165, 1.54) is 36.4 Å². The van der Waals surface area contributed by atoms with E-state index in [1.807, 2.05) is 97.0 Å². The van der Waals surface area contributed by atoms with Crippen molar-refractivity contribution in [1.82, 2.24) is 0 Å². The van der Waals surface area contributed by atoms with Crippen LogP contribution in [0.15, 0.2) is 103 Å². The molecule has 0 unspecified atom stereocenters. The zero-order valence-corrected chi connectivity index (χ0v) is 36.8. The monoisotopic (exact) mass is 874 g/mol. The Morgan fingerprint density at radius 3 is 0.892 bits per heavy atom. The number of hydrogen-bond donors (Lipinski definition) is 6. The average molecular weight is 875 g/mol. The Balaban J connectivity index is 1.70. The second-order valence-corrected chi connectivity index (χ2v) is 17.1. The van der Waals surface area contributed by atoms with Gasteiger partial charge in [0, 0.05) is 0 Å². The molecule has 13 heteroatoms. The molecule has 0 aromatic heterocycles. The summed E-state index contributed by atoms with van der Waals surface area (Å²) in [5.74, 6) is -8.03. The van der Waals surface area contributed by atoms with Gasteiger partial charge in [-0.3, -0.25) is 0 Å². The zero-order valence-electron chi connectivity index (χ0n) is 36.8. The molecule has 0 saturated carbocycles. The van der Waals surface area contributed by atoms with E-state index < -0.39 is 42.5 Å². The first-order valence-electron chi connectivity index (χ1n) is 20.8. The Morgan fingerprint density at radius 2 is 0.615 bits per heavy atom. The van der Waals surface area contributed by atoms with Crippen LogP contribution < -0.4 is 16.4 Å². The van der Waals surface area contributed by atoms with Gasteiger partial charge in [-0.15, -0.1) is 0 Å². The summed E-state index contributed by atoms with van der Waals surface area (Å²) in [4.78, 5) is 72.8. The largest absolute Gasteiger partial charge is 0.478 e. The molecule has 0 heterocycles. The van der Waals surface area contributed by atoms with Gasteiger partial charge in [0.25, 0.3) is 0 Å². The van der Waals surface area contributed by atoms with E-state index in [-0.39, 0.29) is 51.1 Å². The van der Waals surface area contributed by atoms with Crippen molar-refractivity contribution < 1.29 is 59.4 Å². The maximum absolute atomic E-state index is 12.1. The van der Waals surface area contributed by atoms with Gasteiger partial charge < -0.3 is 30.6 Å². The minimum absolute atomic E-state index is 0.126. The van der Waals surface area contributed by atoms with Gasteiger partial charge in [0.1, 0.15) is 0 Å². The Labute approximate surface area is 375 Å². The third-order valence-corrected chi connectivity index (χ3v) is 11.6. The lowest BCUT2D eigenvalue weighted by Crippen LogP contribution is -2.56. The van der Waals surface area contributed by atoms with Gasteiger partial charge in [0.15, 0.2) is 0 Å². The third-order valence-electron chi connectivity index (χ3n) is 11.6. The summed E-state index contributed by atoms with van der Waals surface area (Å²) in [6, 6.07) is 27.3. The highest BCUT2D eigenvalue weighted by Gasteiger charge is 2.33. The van der Waals surface area contributed by atoms with Crippen LogP contribution in [-0.2, 0) is 0 Å². The molecule has 0 saturated heterocycles. The van der Waals surface area contributed by atoms with E-state index in [0.717, 1.165) is 56.8 Å². The lowest BCUT2D eigenvalue weighted by molar-refractivity contribution is 0.0676. The molecule has 65 heavy (non-hydrogen) atoms. The van der Waals surface area contributed by atoms with Crippen molar-refractivity contribution in [3.05, 3.63) is 159 Å². The summed E-state index contributed by atoms with van der Waals surface area (Å²) in [6.07, 6.45) is 0. The first-order chi connectivity index (χ1) is 30.6. The van der Waals surface area contributed by atoms with Crippen LogP contribution in [0, 0.1) is 6.92 Å². The fourth-order valence-corrected chi connectivity index (χ4v) is 8.50. The molecule has 6 aromatic rings. The molecule has 0 aliphatic rings. The predicted molar refractivity (Wildman–Crippen MR) is 249 cm³/mol. The first kappa shape index (κ1) is 46.7. The van der Waals surface area contributed by atoms with Gasteiger partial charge in [-0.05, 0) is 129 Å². The molecule has 0 aliphatic carbocycles. The van der Waals surface area contributed by atoms with Crippen LogP contribution in [0.3, 0.4) is 0 Å². The van der Waals surface area contributed by atoms with Crippen molar-refractivity contribution in [2.24, 2.45) is 0 Å². The molecule has 0 amide bonds. The minimum Gasteiger partial charge on any atom is -0.478 e. The molecule has 6 aromatic carbocycles. The van der Waals surface area contributed by atoms with Crippen LogP contribution in [0.5, 0.6) is 0 Å². The van der Waals surface area contributed by atoms with E-state index >= 15 is 0 Å². The van der Waals surface area contributed by atoms with Crippen LogP contribution in [0.25, 0.3) is 33.4 Å². The summed E-state index contributed by atoms with van der Waals surface area (Å²) >= 11 is 0. The van der Waals surface area contributed by atoms with Gasteiger partial charge in [0.05, 0.1) is 33.4 Å². The van der Waals surface area contributed by atoms with E-state index in [2.05, 4.69) is 0 Å². The van der Waals surface area contributed by atoms with Gasteiger partial charge in [-0.2, -0.15) is 0 Å². The minimum atomic E-state index is -1.28. The van der Waals surface area contributed by atoms with Crippen molar-refractivity contribution in [3.63, 3.8) is 0 Å². The average Bonchev–Trinajstić information content (AvgIpc) is 3.26. The highest BCUT2D eigenvalue weighted by atomic mass is 16.4. The smallest absolute Gasteiger partial charge is 0.335 e. The molecule has 0 bridgehead atoms. The number of carboxylic acids is 6. The lowest BCUT2D eigenvalue weighted by atomic mass is 9.33. The van der Waals surface area contributed by atoms with Gasteiger partial charge in [-0.25, -0.2) is 28.8 Å². The number of benzene rings is 6. The fraction of sp³-hybridized carbons (Fsp3) is 0.192. The summed E-state index contributed by atoms with van der Waals surface area (Å²) in [6.45, 7) is 13.6. The zero-order chi connectivity index (χ0) is 47.8. The molecule has 330 valence electrons. The van der Waals surface area contributed by atoms with Crippen molar-refractivity contribution in [2.45, 2.75) is 66.2 Å². The van der Waals surface area contributed by atoms with Gasteiger partial charge in [0.2, 0.25) is 6.71 Å². The van der Waals surface area contributed by atoms with Gasteiger partial charge in [-0.1, -0.05) is 112 Å². The summed E-state index contributed by atoms with van der Waals surface area (Å²) < 4.78 is 0. The number of aryl methyl sites for hydroxylation is 1. The number of rotatable bonds is 15. The SMILES string of the molecule is Cc1cc(-c2cc(C(=O)O)cc(C(=O)O)c2)cc(C(C)C)c1B(c1ccc(-c2cc(C(=O)O)cc(C(=O)O)c2)cc1C(C)C)c1ccc(-c2cc(C(=O)O)cc(C(=O)O)c2)cc1C(C)C. The Bertz CT molecular complexity index is 2730. The second-order valence-electron chi connectivity index (χ2n) is 17.1. The Morgan fingerprint density at radius 1 is 0.354 bits per heavy atom. The van der Waals surface area contributed by atoms with E-state index in [9.17, 15) is 59.4 Å². The molecule has 6 rings (SSSR count). The molecule has 0 spiro atoms. The standard InChI is InChI=1S/C52H47BO12/c1-25(2)41-22-29(32-13-35(47(54)55)19-36(14-32)48(56)57)8-10-44(41)53(45-11-9-30(23-42(45)26(3)4)33-15-37(49(58)59)20-38(16-33)50(60)61)46-28(7)12-31(24-43(46)27(5)6)34-17-39(51(62)63)21-40(18-34)52(64)65/h8-27H,1-7H3,(H,54,55)(H,56,57)(H,58,59)(H,60,61)(H,62,63)(H,64,65). The summed E-state index contributed by atoms with van der Waals surface area (Å²) in [5.41, 5.74) is 8.07. The molecule has 0 atom stereocenters. The van der Waals surface area contributed by atoms with Crippen molar-refractivity contribution in [1.29, 1.82) is 0 Å². The Kier molecular flexibility index (Phi) is 13.3. The number of carbonyl (C=O) groups is 6. The van der Waals surface area contributed by atoms with E-state index in [1.54, 1.807) is 0 Å². The van der Waals surface area contributed by atoms with Crippen LogP contribution in [0.1, 0.15) is 144 Å². The fourth-order valence-electron chi connectivity index (χ4n) is 8.50.